The third kappa shape index (κ3) is 3.60. The summed E-state index contributed by atoms with van der Waals surface area (Å²) in [7, 11) is 1.77. The molecule has 2 aromatic carbocycles. The Morgan fingerprint density at radius 3 is 2.82 bits per heavy atom. The summed E-state index contributed by atoms with van der Waals surface area (Å²) in [4.78, 5) is 0. The lowest BCUT2D eigenvalue weighted by Gasteiger charge is -2.51. The van der Waals surface area contributed by atoms with Crippen molar-refractivity contribution >= 4 is 6.08 Å². The lowest BCUT2D eigenvalue weighted by molar-refractivity contribution is 0.0419. The zero-order chi connectivity index (χ0) is 23.3. The van der Waals surface area contributed by atoms with Crippen LogP contribution in [0.3, 0.4) is 0 Å². The number of methoxy groups -OCH3 is 1. The van der Waals surface area contributed by atoms with E-state index in [0.717, 1.165) is 41.7 Å². The van der Waals surface area contributed by atoms with Gasteiger partial charge >= 0.3 is 0 Å². The largest absolute Gasteiger partial charge is 0.508 e. The molecule has 0 radical (unpaired) electrons. The van der Waals surface area contributed by atoms with Crippen LogP contribution in [0.2, 0.25) is 0 Å². The lowest BCUT2D eigenvalue weighted by atomic mass is 9.55. The number of aliphatic hydroxyl groups is 1. The van der Waals surface area contributed by atoms with E-state index in [0.29, 0.717) is 23.1 Å². The number of nitrogens with one attached hydrogen (secondary N) is 1. The SMILES string of the molecule is COc1ccc2c(c1)CCC1C2CC[C@@]2(C)C1CC[C@H]2NCC1=CCc2ccccc2C=C1O. The minimum atomic E-state index is 0.346. The van der Waals surface area contributed by atoms with Gasteiger partial charge in [-0.25, -0.2) is 0 Å². The second-order valence-corrected chi connectivity index (χ2v) is 11.2. The van der Waals surface area contributed by atoms with Crippen LogP contribution in [0.25, 0.3) is 6.08 Å². The van der Waals surface area contributed by atoms with E-state index in [9.17, 15) is 5.11 Å². The maximum atomic E-state index is 10.8. The van der Waals surface area contributed by atoms with Crippen molar-refractivity contribution in [3.05, 3.63) is 82.1 Å². The molecule has 4 aliphatic carbocycles. The Bertz CT molecular complexity index is 1150. The number of fused-ring (bicyclic) bond motifs is 6. The minimum Gasteiger partial charge on any atom is -0.508 e. The van der Waals surface area contributed by atoms with E-state index in [1.165, 1.54) is 49.7 Å². The summed E-state index contributed by atoms with van der Waals surface area (Å²) in [5.74, 6) is 3.71. The maximum absolute atomic E-state index is 10.8. The van der Waals surface area contributed by atoms with Gasteiger partial charge in [0.15, 0.2) is 0 Å². The predicted molar refractivity (Wildman–Crippen MR) is 138 cm³/mol. The Morgan fingerprint density at radius 2 is 1.94 bits per heavy atom. The van der Waals surface area contributed by atoms with Gasteiger partial charge in [0, 0.05) is 18.2 Å². The van der Waals surface area contributed by atoms with Crippen molar-refractivity contribution in [2.24, 2.45) is 17.3 Å². The Kier molecular flexibility index (Phi) is 5.56. The highest BCUT2D eigenvalue weighted by Crippen LogP contribution is 2.61. The molecular formula is C31H37NO2. The third-order valence-electron chi connectivity index (χ3n) is 9.72. The van der Waals surface area contributed by atoms with E-state index in [1.54, 1.807) is 12.7 Å². The van der Waals surface area contributed by atoms with Crippen molar-refractivity contribution in [2.75, 3.05) is 13.7 Å². The number of allylic oxidation sites excluding steroid dienone is 1. The summed E-state index contributed by atoms with van der Waals surface area (Å²) >= 11 is 0. The molecule has 3 heteroatoms. The Labute approximate surface area is 203 Å². The second-order valence-electron chi connectivity index (χ2n) is 11.2. The van der Waals surface area contributed by atoms with Crippen molar-refractivity contribution in [3.8, 4) is 5.75 Å². The van der Waals surface area contributed by atoms with Crippen LogP contribution in [0.4, 0.5) is 0 Å². The molecule has 0 amide bonds. The molecule has 2 N–H and O–H groups in total. The van der Waals surface area contributed by atoms with Crippen LogP contribution in [0.15, 0.2) is 59.9 Å². The van der Waals surface area contributed by atoms with Gasteiger partial charge in [0.05, 0.1) is 7.11 Å². The molecule has 2 fully saturated rings. The molecule has 2 saturated carbocycles. The summed E-state index contributed by atoms with van der Waals surface area (Å²) in [6.45, 7) is 3.30. The Morgan fingerprint density at radius 1 is 1.06 bits per heavy atom. The zero-order valence-corrected chi connectivity index (χ0v) is 20.5. The molecule has 0 aromatic heterocycles. The van der Waals surface area contributed by atoms with Crippen molar-refractivity contribution < 1.29 is 9.84 Å². The molecule has 0 heterocycles. The fourth-order valence-electron chi connectivity index (χ4n) is 7.86. The van der Waals surface area contributed by atoms with Gasteiger partial charge < -0.3 is 15.2 Å². The van der Waals surface area contributed by atoms with E-state index >= 15 is 0 Å². The van der Waals surface area contributed by atoms with Crippen LogP contribution in [0, 0.1) is 17.3 Å². The fraction of sp³-hybridized carbons (Fsp3) is 0.484. The van der Waals surface area contributed by atoms with Crippen LogP contribution < -0.4 is 10.1 Å². The van der Waals surface area contributed by atoms with Crippen molar-refractivity contribution in [2.45, 2.75) is 63.8 Å². The highest BCUT2D eigenvalue weighted by atomic mass is 16.5. The molecule has 34 heavy (non-hydrogen) atoms. The van der Waals surface area contributed by atoms with Gasteiger partial charge in [0.2, 0.25) is 0 Å². The van der Waals surface area contributed by atoms with Crippen LogP contribution in [-0.2, 0) is 12.8 Å². The van der Waals surface area contributed by atoms with Gasteiger partial charge in [0.1, 0.15) is 11.5 Å². The molecule has 3 nitrogen and oxygen atoms in total. The minimum absolute atomic E-state index is 0.346. The third-order valence-corrected chi connectivity index (χ3v) is 9.72. The molecule has 6 rings (SSSR count). The van der Waals surface area contributed by atoms with Crippen molar-refractivity contribution in [1.82, 2.24) is 5.32 Å². The van der Waals surface area contributed by atoms with Crippen LogP contribution in [0.5, 0.6) is 5.75 Å². The van der Waals surface area contributed by atoms with Gasteiger partial charge in [-0.1, -0.05) is 43.3 Å². The van der Waals surface area contributed by atoms with E-state index in [-0.39, 0.29) is 0 Å². The highest BCUT2D eigenvalue weighted by Gasteiger charge is 2.54. The quantitative estimate of drug-likeness (QED) is 0.546. The van der Waals surface area contributed by atoms with E-state index in [2.05, 4.69) is 54.7 Å². The molecule has 5 atom stereocenters. The first kappa shape index (κ1) is 22.0. The van der Waals surface area contributed by atoms with Crippen LogP contribution in [0.1, 0.15) is 67.2 Å². The number of ether oxygens (including phenoxy) is 1. The number of rotatable bonds is 4. The van der Waals surface area contributed by atoms with Crippen molar-refractivity contribution in [1.29, 1.82) is 0 Å². The first-order chi connectivity index (χ1) is 16.6. The number of aliphatic hydroxyl groups excluding tert-OH is 1. The Balaban J connectivity index is 1.17. The average molecular weight is 456 g/mol. The normalized spacial score (nSPS) is 31.8. The van der Waals surface area contributed by atoms with Crippen molar-refractivity contribution in [3.63, 3.8) is 0 Å². The zero-order valence-electron chi connectivity index (χ0n) is 20.5. The first-order valence-corrected chi connectivity index (χ1v) is 13.1. The van der Waals surface area contributed by atoms with Gasteiger partial charge in [0.25, 0.3) is 0 Å². The fourth-order valence-corrected chi connectivity index (χ4v) is 7.86. The predicted octanol–water partition coefficient (Wildman–Crippen LogP) is 6.59. The molecule has 3 unspecified atom stereocenters. The number of aryl methyl sites for hydroxylation is 1. The molecule has 0 bridgehead atoms. The molecule has 2 aromatic rings. The van der Waals surface area contributed by atoms with Crippen LogP contribution in [-0.4, -0.2) is 24.8 Å². The van der Waals surface area contributed by atoms with Gasteiger partial charge in [-0.2, -0.15) is 0 Å². The molecule has 4 aliphatic rings. The topological polar surface area (TPSA) is 41.5 Å². The maximum Gasteiger partial charge on any atom is 0.120 e. The average Bonchev–Trinajstić information content (AvgIpc) is 3.11. The molecule has 0 spiro atoms. The number of benzene rings is 2. The summed E-state index contributed by atoms with van der Waals surface area (Å²) in [5, 5.41) is 14.7. The van der Waals surface area contributed by atoms with Gasteiger partial charge in [-0.3, -0.25) is 0 Å². The summed E-state index contributed by atoms with van der Waals surface area (Å²) in [5.41, 5.74) is 6.91. The number of hydrogen-bond acceptors (Lipinski definition) is 3. The molecule has 0 aliphatic heterocycles. The smallest absolute Gasteiger partial charge is 0.120 e. The lowest BCUT2D eigenvalue weighted by Crippen LogP contribution is -2.49. The van der Waals surface area contributed by atoms with E-state index in [4.69, 9.17) is 4.74 Å². The standard InChI is InChI=1S/C31H37NO2/c1-31-16-15-26-25-12-10-24(34-2)17-22(25)9-11-27(26)28(31)13-14-30(31)32-19-23-8-7-20-5-3-4-6-21(20)18-29(23)33/h3-6,8,10,12,17-18,26-28,30,32-33H,7,9,11,13-16,19H2,1-2H3/t26?,27?,28?,30-,31+/m1/s1. The van der Waals surface area contributed by atoms with Crippen LogP contribution >= 0.6 is 0 Å². The van der Waals surface area contributed by atoms with Gasteiger partial charge in [-0.15, -0.1) is 0 Å². The summed E-state index contributed by atoms with van der Waals surface area (Å²) in [6, 6.07) is 15.7. The molecular weight excluding hydrogens is 418 g/mol. The monoisotopic (exact) mass is 455 g/mol. The van der Waals surface area contributed by atoms with E-state index < -0.39 is 0 Å². The highest BCUT2D eigenvalue weighted by molar-refractivity contribution is 5.61. The summed E-state index contributed by atoms with van der Waals surface area (Å²) in [6.07, 6.45) is 12.7. The second kappa shape index (κ2) is 8.61. The first-order valence-electron chi connectivity index (χ1n) is 13.1. The molecule has 0 saturated heterocycles. The van der Waals surface area contributed by atoms with Gasteiger partial charge in [-0.05, 0) is 109 Å². The summed E-state index contributed by atoms with van der Waals surface area (Å²) < 4.78 is 5.49. The Hall–Kier alpha value is -2.52. The van der Waals surface area contributed by atoms with E-state index in [1.807, 2.05) is 12.1 Å². The molecule has 178 valence electrons. The number of hydrogen-bond donors (Lipinski definition) is 2.